The number of amides is 2. The summed E-state index contributed by atoms with van der Waals surface area (Å²) in [7, 11) is 0. The SMILES string of the molecule is Cc1nc2sc(C(=O)N3CCN(C(=O)c4ccco4)CC3)c(N)c2c(C)c1C. The second-order valence-electron chi connectivity index (χ2n) is 7.03. The number of hydrogen-bond acceptors (Lipinski definition) is 6. The number of nitrogens with two attached hydrogens (primary N) is 1. The number of aryl methyl sites for hydroxylation is 2. The number of carbonyl (C=O) groups excluding carboxylic acids is 2. The molecule has 4 heterocycles. The van der Waals surface area contributed by atoms with Gasteiger partial charge in [-0.25, -0.2) is 4.98 Å². The number of thiophene rings is 1. The van der Waals surface area contributed by atoms with Crippen LogP contribution < -0.4 is 5.73 Å². The standard InChI is InChI=1S/C20H22N4O3S/c1-11-12(2)15-16(21)17(28-18(15)22-13(11)3)20(26)24-8-6-23(7-9-24)19(25)14-5-4-10-27-14/h4-5,10H,6-9,21H2,1-3H3. The molecule has 8 heteroatoms. The van der Waals surface area contributed by atoms with Gasteiger partial charge in [0.2, 0.25) is 0 Å². The fourth-order valence-electron chi connectivity index (χ4n) is 3.54. The molecular formula is C20H22N4O3S. The lowest BCUT2D eigenvalue weighted by Crippen LogP contribution is -2.50. The van der Waals surface area contributed by atoms with E-state index in [4.69, 9.17) is 10.2 Å². The van der Waals surface area contributed by atoms with Crippen LogP contribution in [0, 0.1) is 20.8 Å². The van der Waals surface area contributed by atoms with Gasteiger partial charge in [-0.05, 0) is 44.0 Å². The summed E-state index contributed by atoms with van der Waals surface area (Å²) in [5.74, 6) is 0.0744. The third-order valence-corrected chi connectivity index (χ3v) is 6.54. The maximum absolute atomic E-state index is 13.1. The number of rotatable bonds is 2. The van der Waals surface area contributed by atoms with Gasteiger partial charge >= 0.3 is 0 Å². The Balaban J connectivity index is 1.54. The van der Waals surface area contributed by atoms with E-state index in [2.05, 4.69) is 4.98 Å². The van der Waals surface area contributed by atoms with Crippen molar-refractivity contribution in [3.05, 3.63) is 45.9 Å². The average molecular weight is 398 g/mol. The van der Waals surface area contributed by atoms with Gasteiger partial charge < -0.3 is 20.0 Å². The Morgan fingerprint density at radius 1 is 1.07 bits per heavy atom. The Kier molecular flexibility index (Phi) is 4.58. The molecule has 3 aromatic heterocycles. The highest BCUT2D eigenvalue weighted by atomic mass is 32.1. The monoisotopic (exact) mass is 398 g/mol. The molecule has 1 aliphatic rings. The Morgan fingerprint density at radius 3 is 2.32 bits per heavy atom. The Bertz CT molecular complexity index is 1060. The van der Waals surface area contributed by atoms with Crippen LogP contribution >= 0.6 is 11.3 Å². The molecule has 1 fully saturated rings. The van der Waals surface area contributed by atoms with Crippen molar-refractivity contribution in [2.45, 2.75) is 20.8 Å². The zero-order valence-electron chi connectivity index (χ0n) is 16.1. The van der Waals surface area contributed by atoms with Gasteiger partial charge in [0.25, 0.3) is 11.8 Å². The lowest BCUT2D eigenvalue weighted by Gasteiger charge is -2.34. The van der Waals surface area contributed by atoms with Crippen LogP contribution in [0.15, 0.2) is 22.8 Å². The number of piperazine rings is 1. The molecule has 0 bridgehead atoms. The maximum Gasteiger partial charge on any atom is 0.289 e. The first-order valence-electron chi connectivity index (χ1n) is 9.16. The summed E-state index contributed by atoms with van der Waals surface area (Å²) in [5, 5.41) is 0.878. The van der Waals surface area contributed by atoms with E-state index in [0.29, 0.717) is 42.5 Å². The smallest absolute Gasteiger partial charge is 0.289 e. The summed E-state index contributed by atoms with van der Waals surface area (Å²) in [4.78, 5) is 34.9. The second kappa shape index (κ2) is 6.94. The second-order valence-corrected chi connectivity index (χ2v) is 8.03. The van der Waals surface area contributed by atoms with Crippen LogP contribution in [0.5, 0.6) is 0 Å². The summed E-state index contributed by atoms with van der Waals surface area (Å²) >= 11 is 1.34. The molecule has 28 heavy (non-hydrogen) atoms. The predicted molar refractivity (Wildman–Crippen MR) is 109 cm³/mol. The molecule has 2 amide bonds. The molecule has 0 atom stereocenters. The molecule has 1 aliphatic heterocycles. The fourth-order valence-corrected chi connectivity index (χ4v) is 4.71. The number of aromatic nitrogens is 1. The van der Waals surface area contributed by atoms with Crippen LogP contribution in [0.25, 0.3) is 10.2 Å². The summed E-state index contributed by atoms with van der Waals surface area (Å²) in [6, 6.07) is 3.34. The summed E-state index contributed by atoms with van der Waals surface area (Å²) < 4.78 is 5.18. The van der Waals surface area contributed by atoms with Gasteiger partial charge in [0.05, 0.1) is 12.0 Å². The number of nitrogens with zero attached hydrogens (tertiary/aromatic N) is 3. The number of fused-ring (bicyclic) bond motifs is 1. The molecule has 0 saturated carbocycles. The van der Waals surface area contributed by atoms with Gasteiger partial charge in [0.15, 0.2) is 5.76 Å². The minimum absolute atomic E-state index is 0.0969. The Labute approximate surface area is 166 Å². The van der Waals surface area contributed by atoms with E-state index in [1.807, 2.05) is 20.8 Å². The van der Waals surface area contributed by atoms with Crippen molar-refractivity contribution >= 4 is 39.1 Å². The third-order valence-electron chi connectivity index (χ3n) is 5.46. The van der Waals surface area contributed by atoms with Crippen molar-refractivity contribution in [3.8, 4) is 0 Å². The van der Waals surface area contributed by atoms with E-state index in [1.54, 1.807) is 21.9 Å². The lowest BCUT2D eigenvalue weighted by molar-refractivity contribution is 0.0521. The van der Waals surface area contributed by atoms with Gasteiger partial charge in [-0.2, -0.15) is 0 Å². The predicted octanol–water partition coefficient (Wildman–Crippen LogP) is 2.99. The van der Waals surface area contributed by atoms with E-state index in [0.717, 1.165) is 27.0 Å². The minimum Gasteiger partial charge on any atom is -0.459 e. The first-order valence-corrected chi connectivity index (χ1v) is 9.98. The van der Waals surface area contributed by atoms with Crippen molar-refractivity contribution < 1.29 is 14.0 Å². The number of nitrogen functional groups attached to an aromatic ring is 1. The molecule has 0 spiro atoms. The van der Waals surface area contributed by atoms with Crippen molar-refractivity contribution in [1.82, 2.24) is 14.8 Å². The highest BCUT2D eigenvalue weighted by Crippen LogP contribution is 2.37. The quantitative estimate of drug-likeness (QED) is 0.716. The van der Waals surface area contributed by atoms with Crippen LogP contribution in [0.3, 0.4) is 0 Å². The normalized spacial score (nSPS) is 14.7. The molecule has 0 radical (unpaired) electrons. The van der Waals surface area contributed by atoms with E-state index in [9.17, 15) is 9.59 Å². The van der Waals surface area contributed by atoms with Crippen LogP contribution in [0.4, 0.5) is 5.69 Å². The Morgan fingerprint density at radius 2 is 1.71 bits per heavy atom. The highest BCUT2D eigenvalue weighted by molar-refractivity contribution is 7.21. The number of hydrogen-bond donors (Lipinski definition) is 1. The number of furan rings is 1. The van der Waals surface area contributed by atoms with E-state index >= 15 is 0 Å². The van der Waals surface area contributed by atoms with Crippen LogP contribution in [0.2, 0.25) is 0 Å². The summed E-state index contributed by atoms with van der Waals surface area (Å²) in [5.41, 5.74) is 9.98. The highest BCUT2D eigenvalue weighted by Gasteiger charge is 2.29. The van der Waals surface area contributed by atoms with Crippen LogP contribution in [-0.2, 0) is 0 Å². The zero-order chi connectivity index (χ0) is 20.0. The molecular weight excluding hydrogens is 376 g/mol. The van der Waals surface area contributed by atoms with Gasteiger partial charge in [-0.1, -0.05) is 0 Å². The number of pyridine rings is 1. The first-order chi connectivity index (χ1) is 13.4. The van der Waals surface area contributed by atoms with E-state index in [-0.39, 0.29) is 11.8 Å². The average Bonchev–Trinajstić information content (AvgIpc) is 3.34. The summed E-state index contributed by atoms with van der Waals surface area (Å²) in [6.07, 6.45) is 1.48. The lowest BCUT2D eigenvalue weighted by atomic mass is 10.1. The van der Waals surface area contributed by atoms with Crippen LogP contribution in [-0.4, -0.2) is 52.8 Å². The minimum atomic E-state index is -0.149. The van der Waals surface area contributed by atoms with Crippen molar-refractivity contribution in [3.63, 3.8) is 0 Å². The Hall–Kier alpha value is -2.87. The zero-order valence-corrected chi connectivity index (χ0v) is 16.9. The largest absolute Gasteiger partial charge is 0.459 e. The molecule has 146 valence electrons. The summed E-state index contributed by atoms with van der Waals surface area (Å²) in [6.45, 7) is 7.85. The van der Waals surface area contributed by atoms with Crippen molar-refractivity contribution in [2.75, 3.05) is 31.9 Å². The molecule has 0 unspecified atom stereocenters. The van der Waals surface area contributed by atoms with Gasteiger partial charge in [0.1, 0.15) is 9.71 Å². The van der Waals surface area contributed by atoms with Crippen molar-refractivity contribution in [1.29, 1.82) is 0 Å². The third kappa shape index (κ3) is 2.93. The molecule has 2 N–H and O–H groups in total. The molecule has 3 aromatic rings. The fraction of sp³-hybridized carbons (Fsp3) is 0.350. The molecule has 7 nitrogen and oxygen atoms in total. The van der Waals surface area contributed by atoms with E-state index in [1.165, 1.54) is 17.6 Å². The van der Waals surface area contributed by atoms with Gasteiger partial charge in [-0.15, -0.1) is 11.3 Å². The van der Waals surface area contributed by atoms with E-state index < -0.39 is 0 Å². The molecule has 0 aromatic carbocycles. The number of anilines is 1. The molecule has 4 rings (SSSR count). The molecule has 0 aliphatic carbocycles. The number of carbonyl (C=O) groups is 2. The maximum atomic E-state index is 13.1. The topological polar surface area (TPSA) is 92.7 Å². The first kappa shape index (κ1) is 18.5. The van der Waals surface area contributed by atoms with Crippen LogP contribution in [0.1, 0.15) is 37.0 Å². The van der Waals surface area contributed by atoms with Crippen molar-refractivity contribution in [2.24, 2.45) is 0 Å². The van der Waals surface area contributed by atoms with Gasteiger partial charge in [0, 0.05) is 37.3 Å². The van der Waals surface area contributed by atoms with Gasteiger partial charge in [-0.3, -0.25) is 9.59 Å². The molecule has 1 saturated heterocycles.